The van der Waals surface area contributed by atoms with Crippen LogP contribution in [0, 0.1) is 13.8 Å². The third kappa shape index (κ3) is 3.18. The highest BCUT2D eigenvalue weighted by molar-refractivity contribution is 6.33. The lowest BCUT2D eigenvalue weighted by Gasteiger charge is -2.36. The molecule has 0 N–H and O–H groups in total. The van der Waals surface area contributed by atoms with Crippen LogP contribution in [-0.4, -0.2) is 43.8 Å². The average Bonchev–Trinajstić information content (AvgIpc) is 2.38. The number of hydrogen-bond acceptors (Lipinski definition) is 3. The second-order valence-corrected chi connectivity index (χ2v) is 5.49. The van der Waals surface area contributed by atoms with Gasteiger partial charge in [-0.1, -0.05) is 17.7 Å². The molecule has 20 heavy (non-hydrogen) atoms. The predicted molar refractivity (Wildman–Crippen MR) is 81.7 cm³/mol. The number of amides is 1. The van der Waals surface area contributed by atoms with E-state index in [9.17, 15) is 4.79 Å². The summed E-state index contributed by atoms with van der Waals surface area (Å²) in [7, 11) is 0. The first-order valence-corrected chi connectivity index (χ1v) is 7.34. The van der Waals surface area contributed by atoms with Gasteiger partial charge in [-0.25, -0.2) is 4.79 Å². The van der Waals surface area contributed by atoms with Gasteiger partial charge in [0, 0.05) is 26.2 Å². The molecule has 0 atom stereocenters. The van der Waals surface area contributed by atoms with E-state index in [1.807, 2.05) is 19.9 Å². The number of rotatable bonds is 2. The number of carbonyl (C=O) groups is 1. The fraction of sp³-hybridized carbons (Fsp3) is 0.533. The highest BCUT2D eigenvalue weighted by atomic mass is 35.5. The fourth-order valence-corrected chi connectivity index (χ4v) is 3.08. The highest BCUT2D eigenvalue weighted by Gasteiger charge is 2.24. The number of nitrogens with zero attached hydrogens (tertiary/aromatic N) is 2. The Morgan fingerprint density at radius 3 is 2.45 bits per heavy atom. The first-order chi connectivity index (χ1) is 9.52. The van der Waals surface area contributed by atoms with E-state index in [0.29, 0.717) is 19.7 Å². The van der Waals surface area contributed by atoms with Crippen LogP contribution in [0.1, 0.15) is 18.1 Å². The number of halogens is 1. The van der Waals surface area contributed by atoms with Gasteiger partial charge in [0.05, 0.1) is 17.3 Å². The maximum absolute atomic E-state index is 11.7. The van der Waals surface area contributed by atoms with Crippen LogP contribution in [0.4, 0.5) is 10.5 Å². The first-order valence-electron chi connectivity index (χ1n) is 6.96. The van der Waals surface area contributed by atoms with Crippen molar-refractivity contribution in [3.8, 4) is 0 Å². The van der Waals surface area contributed by atoms with E-state index in [-0.39, 0.29) is 6.09 Å². The van der Waals surface area contributed by atoms with Crippen LogP contribution in [0.5, 0.6) is 0 Å². The van der Waals surface area contributed by atoms with E-state index in [4.69, 9.17) is 16.3 Å². The molecule has 1 saturated heterocycles. The molecule has 5 heteroatoms. The minimum atomic E-state index is -0.223. The normalized spacial score (nSPS) is 15.4. The van der Waals surface area contributed by atoms with Crippen LogP contribution in [0.3, 0.4) is 0 Å². The van der Waals surface area contributed by atoms with Crippen molar-refractivity contribution in [3.05, 3.63) is 28.3 Å². The summed E-state index contributed by atoms with van der Waals surface area (Å²) in [6.07, 6.45) is -0.223. The smallest absolute Gasteiger partial charge is 0.409 e. The largest absolute Gasteiger partial charge is 0.450 e. The first kappa shape index (κ1) is 15.0. The third-order valence-corrected chi connectivity index (χ3v) is 3.81. The van der Waals surface area contributed by atoms with Crippen molar-refractivity contribution >= 4 is 23.4 Å². The molecule has 0 saturated carbocycles. The zero-order chi connectivity index (χ0) is 14.7. The molecule has 1 aliphatic heterocycles. The molecule has 110 valence electrons. The molecule has 0 radical (unpaired) electrons. The quantitative estimate of drug-likeness (QED) is 0.840. The Morgan fingerprint density at radius 1 is 1.25 bits per heavy atom. The van der Waals surface area contributed by atoms with Crippen LogP contribution in [0.2, 0.25) is 5.02 Å². The van der Waals surface area contributed by atoms with Crippen molar-refractivity contribution in [1.29, 1.82) is 0 Å². The summed E-state index contributed by atoms with van der Waals surface area (Å²) < 4.78 is 5.03. The van der Waals surface area contributed by atoms with Crippen molar-refractivity contribution in [2.24, 2.45) is 0 Å². The monoisotopic (exact) mass is 296 g/mol. The Morgan fingerprint density at radius 2 is 1.90 bits per heavy atom. The van der Waals surface area contributed by atoms with Gasteiger partial charge in [0.25, 0.3) is 0 Å². The number of piperazine rings is 1. The molecular formula is C15H21ClN2O2. The van der Waals surface area contributed by atoms with Crippen molar-refractivity contribution in [1.82, 2.24) is 4.90 Å². The topological polar surface area (TPSA) is 32.8 Å². The van der Waals surface area contributed by atoms with Gasteiger partial charge < -0.3 is 14.5 Å². The lowest BCUT2D eigenvalue weighted by molar-refractivity contribution is 0.105. The minimum absolute atomic E-state index is 0.223. The number of ether oxygens (including phenoxy) is 1. The van der Waals surface area contributed by atoms with E-state index in [1.165, 1.54) is 11.1 Å². The Bertz CT molecular complexity index is 474. The standard InChI is InChI=1S/C15H21ClN2O2/c1-4-20-15(19)18-7-5-17(6-8-18)14-12(3)9-11(2)10-13(14)16/h9-10H,4-8H2,1-3H3. The second-order valence-electron chi connectivity index (χ2n) is 5.09. The van der Waals surface area contributed by atoms with E-state index in [1.54, 1.807) is 4.90 Å². The second kappa shape index (κ2) is 6.35. The lowest BCUT2D eigenvalue weighted by atomic mass is 10.1. The molecule has 1 fully saturated rings. The van der Waals surface area contributed by atoms with Crippen LogP contribution >= 0.6 is 11.6 Å². The van der Waals surface area contributed by atoms with Gasteiger partial charge in [-0.2, -0.15) is 0 Å². The van der Waals surface area contributed by atoms with Crippen LogP contribution in [0.25, 0.3) is 0 Å². The van der Waals surface area contributed by atoms with E-state index in [0.717, 1.165) is 23.8 Å². The summed E-state index contributed by atoms with van der Waals surface area (Å²) in [5.74, 6) is 0. The van der Waals surface area contributed by atoms with Crippen molar-refractivity contribution < 1.29 is 9.53 Å². The van der Waals surface area contributed by atoms with E-state index >= 15 is 0 Å². The molecule has 4 nitrogen and oxygen atoms in total. The number of anilines is 1. The molecular weight excluding hydrogens is 276 g/mol. The van der Waals surface area contributed by atoms with Gasteiger partial charge in [-0.3, -0.25) is 0 Å². The Kier molecular flexibility index (Phi) is 4.76. The number of aryl methyl sites for hydroxylation is 2. The van der Waals surface area contributed by atoms with Crippen molar-refractivity contribution in [3.63, 3.8) is 0 Å². The Balaban J connectivity index is 2.06. The summed E-state index contributed by atoms with van der Waals surface area (Å²) in [5.41, 5.74) is 3.43. The molecule has 0 unspecified atom stereocenters. The number of carbonyl (C=O) groups excluding carboxylic acids is 1. The third-order valence-electron chi connectivity index (χ3n) is 3.52. The highest BCUT2D eigenvalue weighted by Crippen LogP contribution is 2.31. The lowest BCUT2D eigenvalue weighted by Crippen LogP contribution is -2.49. The number of hydrogen-bond donors (Lipinski definition) is 0. The molecule has 1 heterocycles. The van der Waals surface area contributed by atoms with Crippen LogP contribution in [0.15, 0.2) is 12.1 Å². The summed E-state index contributed by atoms with van der Waals surface area (Å²) >= 11 is 6.37. The number of benzene rings is 1. The fourth-order valence-electron chi connectivity index (χ4n) is 2.64. The maximum atomic E-state index is 11.7. The molecule has 2 rings (SSSR count). The Hall–Kier alpha value is -1.42. The van der Waals surface area contributed by atoms with Crippen molar-refractivity contribution in [2.45, 2.75) is 20.8 Å². The van der Waals surface area contributed by atoms with Crippen molar-refractivity contribution in [2.75, 3.05) is 37.7 Å². The molecule has 0 bridgehead atoms. The van der Waals surface area contributed by atoms with Gasteiger partial charge in [-0.05, 0) is 38.0 Å². The van der Waals surface area contributed by atoms with Gasteiger partial charge in [0.15, 0.2) is 0 Å². The zero-order valence-corrected chi connectivity index (χ0v) is 13.0. The molecule has 0 spiro atoms. The molecule has 0 aromatic heterocycles. The van der Waals surface area contributed by atoms with Gasteiger partial charge in [0.1, 0.15) is 0 Å². The van der Waals surface area contributed by atoms with Crippen LogP contribution < -0.4 is 4.90 Å². The molecule has 1 aliphatic rings. The van der Waals surface area contributed by atoms with E-state index < -0.39 is 0 Å². The molecule has 0 aliphatic carbocycles. The van der Waals surface area contributed by atoms with Crippen LogP contribution in [-0.2, 0) is 4.74 Å². The van der Waals surface area contributed by atoms with Gasteiger partial charge in [0.2, 0.25) is 0 Å². The SMILES string of the molecule is CCOC(=O)N1CCN(c2c(C)cc(C)cc2Cl)CC1. The van der Waals surface area contributed by atoms with Gasteiger partial charge >= 0.3 is 6.09 Å². The summed E-state index contributed by atoms with van der Waals surface area (Å²) in [6.45, 7) is 9.26. The molecule has 1 aromatic rings. The van der Waals surface area contributed by atoms with Gasteiger partial charge in [-0.15, -0.1) is 0 Å². The summed E-state index contributed by atoms with van der Waals surface area (Å²) in [6, 6.07) is 4.13. The summed E-state index contributed by atoms with van der Waals surface area (Å²) in [5, 5.41) is 0.784. The zero-order valence-electron chi connectivity index (χ0n) is 12.3. The maximum Gasteiger partial charge on any atom is 0.409 e. The molecule has 1 amide bonds. The molecule has 1 aromatic carbocycles. The predicted octanol–water partition coefficient (Wildman–Crippen LogP) is 3.24. The average molecular weight is 297 g/mol. The van der Waals surface area contributed by atoms with E-state index in [2.05, 4.69) is 17.9 Å². The Labute approximate surface area is 125 Å². The summed E-state index contributed by atoms with van der Waals surface area (Å²) in [4.78, 5) is 15.7. The minimum Gasteiger partial charge on any atom is -0.450 e.